The van der Waals surface area contributed by atoms with Gasteiger partial charge in [0.25, 0.3) is 5.69 Å². The lowest BCUT2D eigenvalue weighted by molar-refractivity contribution is -0.384. The molecule has 0 unspecified atom stereocenters. The zero-order chi connectivity index (χ0) is 21.5. The summed E-state index contributed by atoms with van der Waals surface area (Å²) < 4.78 is 39.3. The minimum Gasteiger partial charge on any atom is -0.340 e. The molecule has 0 aliphatic heterocycles. The van der Waals surface area contributed by atoms with Gasteiger partial charge in [-0.05, 0) is 42.0 Å². The smallest absolute Gasteiger partial charge is 0.340 e. The number of hydrogen-bond acceptors (Lipinski definition) is 6. The number of non-ortho nitro benzene ring substituents is 1. The largest absolute Gasteiger partial charge is 0.417 e. The van der Waals surface area contributed by atoms with Gasteiger partial charge in [0.05, 0.1) is 20.9 Å². The Morgan fingerprint density at radius 2 is 1.80 bits per heavy atom. The molecule has 0 radical (unpaired) electrons. The maximum atomic E-state index is 13.1. The molecule has 0 fully saturated rings. The van der Waals surface area contributed by atoms with E-state index in [1.165, 1.54) is 41.9 Å². The molecule has 0 aliphatic rings. The van der Waals surface area contributed by atoms with Crippen molar-refractivity contribution >= 4 is 50.3 Å². The highest BCUT2D eigenvalue weighted by atomic mass is 35.5. The first-order valence-corrected chi connectivity index (χ1v) is 9.55. The topological polar surface area (TPSA) is 81.0 Å². The number of hydrogen-bond donors (Lipinski definition) is 1. The van der Waals surface area contributed by atoms with Crippen LogP contribution in [0.3, 0.4) is 0 Å². The number of rotatable bonds is 4. The summed E-state index contributed by atoms with van der Waals surface area (Å²) in [5, 5.41) is 13.9. The van der Waals surface area contributed by atoms with Crippen LogP contribution in [0.25, 0.3) is 20.7 Å². The van der Waals surface area contributed by atoms with E-state index in [4.69, 9.17) is 11.6 Å². The molecular formula is C19H10ClF3N4O2S. The minimum absolute atomic E-state index is 0.0229. The van der Waals surface area contributed by atoms with E-state index < -0.39 is 21.7 Å². The van der Waals surface area contributed by atoms with Crippen molar-refractivity contribution in [2.45, 2.75) is 6.18 Å². The molecule has 2 aromatic heterocycles. The Balaban J connectivity index is 1.70. The highest BCUT2D eigenvalue weighted by molar-refractivity contribution is 7.21. The second kappa shape index (κ2) is 7.54. The molecule has 6 nitrogen and oxygen atoms in total. The highest BCUT2D eigenvalue weighted by Crippen LogP contribution is 2.39. The van der Waals surface area contributed by atoms with Crippen molar-refractivity contribution < 1.29 is 18.1 Å². The summed E-state index contributed by atoms with van der Waals surface area (Å²) in [6.07, 6.45) is -3.28. The molecule has 0 aliphatic carbocycles. The standard InChI is InChI=1S/C19H10ClF3N4O2S/c20-15-6-3-11(7-14(15)19(21,22)23)26-17-13-8-16(30-18(13)25-9-24-17)10-1-4-12(5-2-10)27(28)29/h1-9H,(H,24,25,26). The van der Waals surface area contributed by atoms with E-state index >= 15 is 0 Å². The van der Waals surface area contributed by atoms with Crippen molar-refractivity contribution in [3.63, 3.8) is 0 Å². The summed E-state index contributed by atoms with van der Waals surface area (Å²) in [5.74, 6) is 0.333. The molecule has 0 saturated heterocycles. The van der Waals surface area contributed by atoms with E-state index in [2.05, 4.69) is 15.3 Å². The number of benzene rings is 2. The van der Waals surface area contributed by atoms with Crippen molar-refractivity contribution in [2.24, 2.45) is 0 Å². The van der Waals surface area contributed by atoms with E-state index in [1.54, 1.807) is 18.2 Å². The van der Waals surface area contributed by atoms with Gasteiger partial charge >= 0.3 is 6.18 Å². The maximum absolute atomic E-state index is 13.1. The molecule has 4 rings (SSSR count). The number of aromatic nitrogens is 2. The van der Waals surface area contributed by atoms with Crippen LogP contribution in [0.4, 0.5) is 30.4 Å². The molecule has 0 saturated carbocycles. The predicted octanol–water partition coefficient (Wildman–Crippen LogP) is 6.68. The first kappa shape index (κ1) is 20.0. The van der Waals surface area contributed by atoms with Crippen molar-refractivity contribution in [1.82, 2.24) is 9.97 Å². The van der Waals surface area contributed by atoms with Gasteiger partial charge in [0.2, 0.25) is 0 Å². The average molecular weight is 451 g/mol. The number of anilines is 2. The number of nitro groups is 1. The van der Waals surface area contributed by atoms with E-state index in [0.717, 1.165) is 16.5 Å². The number of thiophene rings is 1. The van der Waals surface area contributed by atoms with Gasteiger partial charge in [-0.2, -0.15) is 13.2 Å². The van der Waals surface area contributed by atoms with Gasteiger partial charge in [-0.3, -0.25) is 10.1 Å². The predicted molar refractivity (Wildman–Crippen MR) is 109 cm³/mol. The van der Waals surface area contributed by atoms with Crippen molar-refractivity contribution in [3.8, 4) is 10.4 Å². The molecule has 2 aromatic carbocycles. The van der Waals surface area contributed by atoms with Gasteiger partial charge in [-0.25, -0.2) is 9.97 Å². The van der Waals surface area contributed by atoms with Crippen LogP contribution >= 0.6 is 22.9 Å². The van der Waals surface area contributed by atoms with Crippen LogP contribution in [-0.2, 0) is 6.18 Å². The summed E-state index contributed by atoms with van der Waals surface area (Å²) >= 11 is 7.00. The second-order valence-corrected chi connectivity index (χ2v) is 7.61. The first-order valence-electron chi connectivity index (χ1n) is 8.35. The summed E-state index contributed by atoms with van der Waals surface area (Å²) in [5.41, 5.74) is -0.0446. The summed E-state index contributed by atoms with van der Waals surface area (Å²) in [7, 11) is 0. The van der Waals surface area contributed by atoms with Gasteiger partial charge < -0.3 is 5.32 Å². The summed E-state index contributed by atoms with van der Waals surface area (Å²) in [4.78, 5) is 20.1. The van der Waals surface area contributed by atoms with Crippen molar-refractivity contribution in [2.75, 3.05) is 5.32 Å². The Kier molecular flexibility index (Phi) is 5.04. The van der Waals surface area contributed by atoms with Gasteiger partial charge in [-0.15, -0.1) is 11.3 Å². The fourth-order valence-corrected chi connectivity index (χ4v) is 4.03. The van der Waals surface area contributed by atoms with Crippen molar-refractivity contribution in [1.29, 1.82) is 0 Å². The Morgan fingerprint density at radius 1 is 1.07 bits per heavy atom. The van der Waals surface area contributed by atoms with E-state index in [1.807, 2.05) is 0 Å². The highest BCUT2D eigenvalue weighted by Gasteiger charge is 2.33. The van der Waals surface area contributed by atoms with Gasteiger partial charge in [0.1, 0.15) is 17.0 Å². The second-order valence-electron chi connectivity index (χ2n) is 6.17. The van der Waals surface area contributed by atoms with Crippen molar-refractivity contribution in [3.05, 3.63) is 75.6 Å². The van der Waals surface area contributed by atoms with Gasteiger partial charge in [0.15, 0.2) is 0 Å². The third kappa shape index (κ3) is 3.91. The molecule has 0 atom stereocenters. The number of halogens is 4. The van der Waals surface area contributed by atoms with Gasteiger partial charge in [-0.1, -0.05) is 11.6 Å². The molecule has 11 heteroatoms. The molecule has 152 valence electrons. The molecule has 0 bridgehead atoms. The zero-order valence-electron chi connectivity index (χ0n) is 14.8. The van der Waals surface area contributed by atoms with Crippen LogP contribution in [0.1, 0.15) is 5.56 Å². The lowest BCUT2D eigenvalue weighted by Gasteiger charge is -2.12. The fourth-order valence-electron chi connectivity index (χ4n) is 2.80. The zero-order valence-corrected chi connectivity index (χ0v) is 16.3. The summed E-state index contributed by atoms with van der Waals surface area (Å²) in [6, 6.07) is 11.3. The maximum Gasteiger partial charge on any atom is 0.417 e. The molecule has 30 heavy (non-hydrogen) atoms. The van der Waals surface area contributed by atoms with E-state index in [-0.39, 0.29) is 11.4 Å². The monoisotopic (exact) mass is 450 g/mol. The van der Waals surface area contributed by atoms with Crippen LogP contribution in [0, 0.1) is 10.1 Å². The third-order valence-corrected chi connectivity index (χ3v) is 5.65. The first-order chi connectivity index (χ1) is 14.2. The molecule has 2 heterocycles. The number of fused-ring (bicyclic) bond motifs is 1. The Labute approximate surface area is 176 Å². The quantitative estimate of drug-likeness (QED) is 0.277. The molecule has 0 amide bonds. The Hall–Kier alpha value is -3.24. The number of nitrogens with zero attached hydrogens (tertiary/aromatic N) is 3. The lowest BCUT2D eigenvalue weighted by atomic mass is 10.1. The van der Waals surface area contributed by atoms with Crippen LogP contribution in [0.2, 0.25) is 5.02 Å². The van der Waals surface area contributed by atoms with Crippen LogP contribution in [0.15, 0.2) is 54.9 Å². The normalized spacial score (nSPS) is 11.6. The number of nitro benzene ring substituents is 1. The van der Waals surface area contributed by atoms with Crippen LogP contribution < -0.4 is 5.32 Å². The molecule has 1 N–H and O–H groups in total. The SMILES string of the molecule is O=[N+]([O-])c1ccc(-c2cc3c(Nc4ccc(Cl)c(C(F)(F)F)c4)ncnc3s2)cc1. The average Bonchev–Trinajstić information content (AvgIpc) is 3.14. The van der Waals surface area contributed by atoms with Crippen LogP contribution in [-0.4, -0.2) is 14.9 Å². The molecule has 0 spiro atoms. The minimum atomic E-state index is -4.58. The fraction of sp³-hybridized carbons (Fsp3) is 0.0526. The van der Waals surface area contributed by atoms with E-state index in [0.29, 0.717) is 16.0 Å². The van der Waals surface area contributed by atoms with Crippen LogP contribution in [0.5, 0.6) is 0 Å². The molecular weight excluding hydrogens is 441 g/mol. The summed E-state index contributed by atoms with van der Waals surface area (Å²) in [6.45, 7) is 0. The number of alkyl halides is 3. The third-order valence-electron chi connectivity index (χ3n) is 4.23. The van der Waals surface area contributed by atoms with E-state index in [9.17, 15) is 23.3 Å². The Morgan fingerprint density at radius 3 is 2.47 bits per heavy atom. The molecule has 4 aromatic rings. The Bertz CT molecular complexity index is 1260. The number of nitrogens with one attached hydrogen (secondary N) is 1. The van der Waals surface area contributed by atoms with Gasteiger partial charge in [0, 0.05) is 22.7 Å². The lowest BCUT2D eigenvalue weighted by Crippen LogP contribution is -2.06.